The maximum atomic E-state index is 12.3. The van der Waals surface area contributed by atoms with Crippen LogP contribution in [0.2, 0.25) is 0 Å². The van der Waals surface area contributed by atoms with Crippen LogP contribution < -0.4 is 5.32 Å². The number of oxime groups is 1. The summed E-state index contributed by atoms with van der Waals surface area (Å²) in [5.41, 5.74) is 2.94. The van der Waals surface area contributed by atoms with Gasteiger partial charge in [0.2, 0.25) is 6.10 Å². The fraction of sp³-hybridized carbons (Fsp3) is 0.176. The van der Waals surface area contributed by atoms with Crippen molar-refractivity contribution in [2.45, 2.75) is 19.4 Å². The van der Waals surface area contributed by atoms with Gasteiger partial charge in [0.25, 0.3) is 5.91 Å². The molecule has 1 aliphatic rings. The number of rotatable bonds is 3. The van der Waals surface area contributed by atoms with E-state index in [1.807, 2.05) is 31.2 Å². The van der Waals surface area contributed by atoms with Crippen molar-refractivity contribution in [3.05, 3.63) is 58.1 Å². The number of amides is 1. The van der Waals surface area contributed by atoms with Crippen LogP contribution in [0.15, 0.2) is 52.1 Å². The first kappa shape index (κ1) is 15.6. The minimum Gasteiger partial charge on any atom is -0.506 e. The Hall–Kier alpha value is -2.34. The minimum absolute atomic E-state index is 0.0232. The van der Waals surface area contributed by atoms with E-state index in [1.54, 1.807) is 18.2 Å². The molecule has 1 amide bonds. The van der Waals surface area contributed by atoms with Gasteiger partial charge in [-0.3, -0.25) is 4.79 Å². The Kier molecular flexibility index (Phi) is 4.34. The molecule has 0 fully saturated rings. The molecule has 0 spiro atoms. The first-order chi connectivity index (χ1) is 11.0. The highest BCUT2D eigenvalue weighted by molar-refractivity contribution is 9.10. The summed E-state index contributed by atoms with van der Waals surface area (Å²) in [4.78, 5) is 17.5. The van der Waals surface area contributed by atoms with Gasteiger partial charge in [0, 0.05) is 16.5 Å². The summed E-state index contributed by atoms with van der Waals surface area (Å²) in [6, 6.07) is 12.7. The highest BCUT2D eigenvalue weighted by atomic mass is 79.9. The molecule has 0 saturated heterocycles. The van der Waals surface area contributed by atoms with Crippen LogP contribution in [-0.2, 0) is 9.63 Å². The summed E-state index contributed by atoms with van der Waals surface area (Å²) < 4.78 is 0.940. The van der Waals surface area contributed by atoms with Gasteiger partial charge in [-0.05, 0) is 36.8 Å². The molecule has 1 heterocycles. The van der Waals surface area contributed by atoms with E-state index in [4.69, 9.17) is 4.84 Å². The molecule has 1 aliphatic heterocycles. The molecule has 0 saturated carbocycles. The van der Waals surface area contributed by atoms with Crippen molar-refractivity contribution in [1.82, 2.24) is 0 Å². The Morgan fingerprint density at radius 2 is 2.17 bits per heavy atom. The average molecular weight is 375 g/mol. The van der Waals surface area contributed by atoms with Gasteiger partial charge in [0.15, 0.2) is 0 Å². The number of phenolic OH excluding ortho intramolecular Hbond substituents is 1. The zero-order valence-corrected chi connectivity index (χ0v) is 14.0. The second-order valence-electron chi connectivity index (χ2n) is 5.36. The van der Waals surface area contributed by atoms with Gasteiger partial charge in [-0.25, -0.2) is 0 Å². The number of aromatic hydroxyl groups is 1. The lowest BCUT2D eigenvalue weighted by atomic mass is 10.0. The van der Waals surface area contributed by atoms with Gasteiger partial charge in [0.1, 0.15) is 5.75 Å². The molecule has 2 aromatic carbocycles. The number of carbonyl (C=O) groups excluding carboxylic acids is 1. The first-order valence-corrected chi connectivity index (χ1v) is 7.91. The number of aryl methyl sites for hydroxylation is 1. The van der Waals surface area contributed by atoms with E-state index in [2.05, 4.69) is 26.4 Å². The second-order valence-corrected chi connectivity index (χ2v) is 6.27. The largest absolute Gasteiger partial charge is 0.506 e. The zero-order valence-electron chi connectivity index (χ0n) is 12.4. The van der Waals surface area contributed by atoms with Crippen LogP contribution in [0.1, 0.15) is 17.5 Å². The van der Waals surface area contributed by atoms with Crippen molar-refractivity contribution in [2.24, 2.45) is 5.16 Å². The summed E-state index contributed by atoms with van der Waals surface area (Å²) in [5.74, 6) is -0.310. The molecule has 0 radical (unpaired) electrons. The molecule has 0 aromatic heterocycles. The lowest BCUT2D eigenvalue weighted by Crippen LogP contribution is -2.28. The molecule has 3 rings (SSSR count). The molecule has 118 valence electrons. The Bertz CT molecular complexity index is 789. The highest BCUT2D eigenvalue weighted by Gasteiger charge is 2.29. The highest BCUT2D eigenvalue weighted by Crippen LogP contribution is 2.26. The molecule has 1 atom stereocenters. The number of halogens is 1. The molecule has 0 bridgehead atoms. The van der Waals surface area contributed by atoms with E-state index >= 15 is 0 Å². The Balaban J connectivity index is 1.68. The van der Waals surface area contributed by atoms with Crippen LogP contribution in [0.4, 0.5) is 5.69 Å². The predicted molar refractivity (Wildman–Crippen MR) is 91.6 cm³/mol. The maximum absolute atomic E-state index is 12.3. The second kappa shape index (κ2) is 6.42. The number of nitrogens with zero attached hydrogens (tertiary/aromatic N) is 1. The summed E-state index contributed by atoms with van der Waals surface area (Å²) in [6.45, 7) is 1.88. The summed E-state index contributed by atoms with van der Waals surface area (Å²) in [6.07, 6.45) is -0.321. The quantitative estimate of drug-likeness (QED) is 0.806. The number of phenols is 1. The number of nitrogens with one attached hydrogen (secondary N) is 1. The summed E-state index contributed by atoms with van der Waals surface area (Å²) in [5, 5.41) is 16.5. The minimum atomic E-state index is -0.705. The Labute approximate surface area is 142 Å². The van der Waals surface area contributed by atoms with E-state index in [1.165, 1.54) is 0 Å². The van der Waals surface area contributed by atoms with Gasteiger partial charge in [-0.2, -0.15) is 0 Å². The van der Waals surface area contributed by atoms with Crippen LogP contribution in [0, 0.1) is 6.92 Å². The van der Waals surface area contributed by atoms with Crippen LogP contribution in [0.5, 0.6) is 5.75 Å². The molecule has 2 N–H and O–H groups in total. The lowest BCUT2D eigenvalue weighted by Gasteiger charge is -2.11. The van der Waals surface area contributed by atoms with Gasteiger partial charge >= 0.3 is 0 Å². The van der Waals surface area contributed by atoms with Gasteiger partial charge in [0.05, 0.1) is 11.4 Å². The number of hydrogen-bond donors (Lipinski definition) is 2. The van der Waals surface area contributed by atoms with Gasteiger partial charge in [-0.15, -0.1) is 0 Å². The predicted octanol–water partition coefficient (Wildman–Crippen LogP) is 3.59. The Morgan fingerprint density at radius 3 is 2.96 bits per heavy atom. The van der Waals surface area contributed by atoms with E-state index in [0.717, 1.165) is 21.3 Å². The van der Waals surface area contributed by atoms with Crippen molar-refractivity contribution in [2.75, 3.05) is 5.32 Å². The molecular weight excluding hydrogens is 360 g/mol. The third kappa shape index (κ3) is 3.53. The fourth-order valence-corrected chi connectivity index (χ4v) is 2.72. The third-order valence-corrected chi connectivity index (χ3v) is 4.02. The molecular formula is C17H15BrN2O3. The fourth-order valence-electron chi connectivity index (χ4n) is 2.32. The first-order valence-electron chi connectivity index (χ1n) is 7.12. The Morgan fingerprint density at radius 1 is 1.35 bits per heavy atom. The number of hydrogen-bond acceptors (Lipinski definition) is 4. The molecule has 2 aromatic rings. The number of carbonyl (C=O) groups is 1. The number of benzene rings is 2. The SMILES string of the molecule is Cc1ccc(O)c(NC(=O)[C@H]2CC(c3cccc(Br)c3)=NO2)c1. The molecule has 0 aliphatic carbocycles. The summed E-state index contributed by atoms with van der Waals surface area (Å²) >= 11 is 3.41. The number of anilines is 1. The van der Waals surface area contributed by atoms with Crippen molar-refractivity contribution in [3.8, 4) is 5.75 Å². The van der Waals surface area contributed by atoms with E-state index in [0.29, 0.717) is 12.1 Å². The monoisotopic (exact) mass is 374 g/mol. The van der Waals surface area contributed by atoms with Crippen molar-refractivity contribution >= 4 is 33.2 Å². The van der Waals surface area contributed by atoms with Crippen molar-refractivity contribution in [3.63, 3.8) is 0 Å². The van der Waals surface area contributed by atoms with Crippen molar-refractivity contribution < 1.29 is 14.7 Å². The van der Waals surface area contributed by atoms with E-state index in [9.17, 15) is 9.90 Å². The third-order valence-electron chi connectivity index (χ3n) is 3.53. The smallest absolute Gasteiger partial charge is 0.268 e. The van der Waals surface area contributed by atoms with E-state index in [-0.39, 0.29) is 11.7 Å². The van der Waals surface area contributed by atoms with Gasteiger partial charge in [-0.1, -0.05) is 39.3 Å². The van der Waals surface area contributed by atoms with Crippen molar-refractivity contribution in [1.29, 1.82) is 0 Å². The molecule has 6 heteroatoms. The van der Waals surface area contributed by atoms with Crippen LogP contribution in [0.3, 0.4) is 0 Å². The van der Waals surface area contributed by atoms with Crippen LogP contribution in [-0.4, -0.2) is 22.8 Å². The maximum Gasteiger partial charge on any atom is 0.268 e. The zero-order chi connectivity index (χ0) is 16.4. The molecule has 5 nitrogen and oxygen atoms in total. The van der Waals surface area contributed by atoms with Crippen LogP contribution >= 0.6 is 15.9 Å². The standard InChI is InChI=1S/C17H15BrN2O3/c1-10-5-6-15(21)14(7-10)19-17(22)16-9-13(20-23-16)11-3-2-4-12(18)8-11/h2-8,16,21H,9H2,1H3,(H,19,22)/t16-/m1/s1. The normalized spacial score (nSPS) is 16.6. The van der Waals surface area contributed by atoms with E-state index < -0.39 is 6.10 Å². The molecule has 0 unspecified atom stereocenters. The summed E-state index contributed by atoms with van der Waals surface area (Å²) in [7, 11) is 0. The topological polar surface area (TPSA) is 70.9 Å². The van der Waals surface area contributed by atoms with Gasteiger partial charge < -0.3 is 15.3 Å². The molecule has 23 heavy (non-hydrogen) atoms. The average Bonchev–Trinajstić information content (AvgIpc) is 3.01. The van der Waals surface area contributed by atoms with Crippen LogP contribution in [0.25, 0.3) is 0 Å². The lowest BCUT2D eigenvalue weighted by molar-refractivity contribution is -0.125.